The highest BCUT2D eigenvalue weighted by Gasteiger charge is 2.45. The first-order chi connectivity index (χ1) is 14.7. The van der Waals surface area contributed by atoms with Gasteiger partial charge in [-0.15, -0.1) is 0 Å². The number of benzene rings is 1. The normalized spacial score (nSPS) is 20.1. The van der Waals surface area contributed by atoms with Crippen LogP contribution in [0.1, 0.15) is 64.9 Å². The van der Waals surface area contributed by atoms with E-state index in [-0.39, 0.29) is 35.2 Å². The second kappa shape index (κ2) is 8.96. The maximum atomic E-state index is 13.1. The lowest BCUT2D eigenvalue weighted by atomic mass is 9.70. The van der Waals surface area contributed by atoms with Crippen LogP contribution in [0.3, 0.4) is 0 Å². The zero-order valence-corrected chi connectivity index (χ0v) is 18.4. The van der Waals surface area contributed by atoms with Gasteiger partial charge in [0.05, 0.1) is 12.5 Å². The molecule has 0 fully saturated rings. The highest BCUT2D eigenvalue weighted by atomic mass is 16.5. The van der Waals surface area contributed by atoms with Gasteiger partial charge in [0, 0.05) is 24.8 Å². The first-order valence-corrected chi connectivity index (χ1v) is 10.6. The fraction of sp³-hybridized carbons (Fsp3) is 0.458. The SMILES string of the molecule is CCCC(=O)Oc1ccc(C2C(C(=O)OCC)=C(N)OC3=C2C(=O)CC(C)(C)C3)cc1. The molecule has 2 N–H and O–H groups in total. The summed E-state index contributed by atoms with van der Waals surface area (Å²) in [6.07, 6.45) is 1.90. The van der Waals surface area contributed by atoms with Gasteiger partial charge in [0.25, 0.3) is 0 Å². The number of ether oxygens (including phenoxy) is 3. The van der Waals surface area contributed by atoms with Crippen molar-refractivity contribution < 1.29 is 28.6 Å². The number of nitrogens with two attached hydrogens (primary N) is 1. The Hall–Kier alpha value is -3.09. The van der Waals surface area contributed by atoms with Crippen LogP contribution in [0.5, 0.6) is 5.75 Å². The van der Waals surface area contributed by atoms with E-state index >= 15 is 0 Å². The third-order valence-corrected chi connectivity index (χ3v) is 5.35. The quantitative estimate of drug-likeness (QED) is 0.542. The van der Waals surface area contributed by atoms with Crippen LogP contribution in [0.25, 0.3) is 0 Å². The van der Waals surface area contributed by atoms with E-state index in [2.05, 4.69) is 0 Å². The summed E-state index contributed by atoms with van der Waals surface area (Å²) in [5, 5.41) is 0. The topological polar surface area (TPSA) is 105 Å². The summed E-state index contributed by atoms with van der Waals surface area (Å²) in [5.74, 6) is -0.869. The molecule has 0 amide bonds. The van der Waals surface area contributed by atoms with E-state index in [9.17, 15) is 14.4 Å². The number of esters is 2. The molecule has 0 aromatic heterocycles. The monoisotopic (exact) mass is 427 g/mol. The van der Waals surface area contributed by atoms with E-state index in [1.807, 2.05) is 20.8 Å². The van der Waals surface area contributed by atoms with Crippen molar-refractivity contribution in [1.82, 2.24) is 0 Å². The maximum Gasteiger partial charge on any atom is 0.340 e. The van der Waals surface area contributed by atoms with Crippen molar-refractivity contribution in [2.75, 3.05) is 6.61 Å². The molecule has 1 heterocycles. The smallest absolute Gasteiger partial charge is 0.340 e. The molecule has 1 aromatic rings. The van der Waals surface area contributed by atoms with Crippen LogP contribution in [0.4, 0.5) is 0 Å². The molecule has 0 spiro atoms. The third-order valence-electron chi connectivity index (χ3n) is 5.35. The van der Waals surface area contributed by atoms with Gasteiger partial charge in [-0.3, -0.25) is 9.59 Å². The van der Waals surface area contributed by atoms with Crippen LogP contribution in [-0.4, -0.2) is 24.3 Å². The molecule has 1 aliphatic heterocycles. The molecule has 1 unspecified atom stereocenters. The third kappa shape index (κ3) is 4.81. The van der Waals surface area contributed by atoms with Crippen LogP contribution >= 0.6 is 0 Å². The lowest BCUT2D eigenvalue weighted by Gasteiger charge is -2.37. The summed E-state index contributed by atoms with van der Waals surface area (Å²) in [6.45, 7) is 7.75. The highest BCUT2D eigenvalue weighted by molar-refractivity contribution is 6.03. The summed E-state index contributed by atoms with van der Waals surface area (Å²) in [7, 11) is 0. The van der Waals surface area contributed by atoms with Crippen molar-refractivity contribution in [2.45, 2.75) is 59.3 Å². The summed E-state index contributed by atoms with van der Waals surface area (Å²) in [6, 6.07) is 6.76. The number of allylic oxidation sites excluding steroid dienone is 2. The Morgan fingerprint density at radius 2 is 1.84 bits per heavy atom. The predicted octanol–water partition coefficient (Wildman–Crippen LogP) is 3.88. The van der Waals surface area contributed by atoms with Crippen molar-refractivity contribution in [3.8, 4) is 5.75 Å². The predicted molar refractivity (Wildman–Crippen MR) is 114 cm³/mol. The zero-order chi connectivity index (χ0) is 22.8. The Bertz CT molecular complexity index is 955. The van der Waals surface area contributed by atoms with Crippen LogP contribution in [-0.2, 0) is 23.9 Å². The van der Waals surface area contributed by atoms with Gasteiger partial charge in [-0.1, -0.05) is 32.9 Å². The minimum Gasteiger partial charge on any atom is -0.462 e. The second-order valence-corrected chi connectivity index (χ2v) is 8.60. The summed E-state index contributed by atoms with van der Waals surface area (Å²) in [5.41, 5.74) is 7.11. The van der Waals surface area contributed by atoms with E-state index in [4.69, 9.17) is 19.9 Å². The van der Waals surface area contributed by atoms with Crippen LogP contribution < -0.4 is 10.5 Å². The summed E-state index contributed by atoms with van der Waals surface area (Å²) >= 11 is 0. The summed E-state index contributed by atoms with van der Waals surface area (Å²) < 4.78 is 16.3. The number of carbonyl (C=O) groups excluding carboxylic acids is 3. The average molecular weight is 427 g/mol. The number of ketones is 1. The molecule has 3 rings (SSSR count). The number of hydrogen-bond donors (Lipinski definition) is 1. The van der Waals surface area contributed by atoms with Gasteiger partial charge >= 0.3 is 11.9 Å². The molecule has 7 nitrogen and oxygen atoms in total. The molecule has 0 saturated carbocycles. The molecule has 1 aromatic carbocycles. The molecule has 31 heavy (non-hydrogen) atoms. The van der Waals surface area contributed by atoms with Crippen LogP contribution in [0.15, 0.2) is 47.1 Å². The van der Waals surface area contributed by atoms with Gasteiger partial charge in [0.2, 0.25) is 5.88 Å². The fourth-order valence-corrected chi connectivity index (χ4v) is 4.04. The van der Waals surface area contributed by atoms with E-state index in [1.165, 1.54) is 0 Å². The van der Waals surface area contributed by atoms with Gasteiger partial charge in [0.15, 0.2) is 5.78 Å². The second-order valence-electron chi connectivity index (χ2n) is 8.60. The molecule has 2 aliphatic rings. The molecule has 7 heteroatoms. The molecule has 0 saturated heterocycles. The molecular weight excluding hydrogens is 398 g/mol. The molecule has 0 bridgehead atoms. The van der Waals surface area contributed by atoms with Gasteiger partial charge in [0.1, 0.15) is 17.1 Å². The van der Waals surface area contributed by atoms with Crippen molar-refractivity contribution in [1.29, 1.82) is 0 Å². The van der Waals surface area contributed by atoms with Crippen LogP contribution in [0.2, 0.25) is 0 Å². The molecule has 1 atom stereocenters. The van der Waals surface area contributed by atoms with Crippen molar-refractivity contribution in [2.24, 2.45) is 11.1 Å². The fourth-order valence-electron chi connectivity index (χ4n) is 4.04. The summed E-state index contributed by atoms with van der Waals surface area (Å²) in [4.78, 5) is 37.6. The minimum absolute atomic E-state index is 0.0499. The van der Waals surface area contributed by atoms with Gasteiger partial charge < -0.3 is 19.9 Å². The van der Waals surface area contributed by atoms with E-state index in [1.54, 1.807) is 31.2 Å². The lowest BCUT2D eigenvalue weighted by molar-refractivity contribution is -0.139. The van der Waals surface area contributed by atoms with Crippen LogP contribution in [0, 0.1) is 5.41 Å². The largest absolute Gasteiger partial charge is 0.462 e. The molecule has 166 valence electrons. The first kappa shape index (κ1) is 22.6. The Labute approximate surface area is 182 Å². The zero-order valence-electron chi connectivity index (χ0n) is 18.4. The number of rotatable bonds is 6. The number of Topliss-reactive ketones (excluding diaryl/α,β-unsaturated/α-hetero) is 1. The Balaban J connectivity index is 2.04. The van der Waals surface area contributed by atoms with Gasteiger partial charge in [-0.25, -0.2) is 4.79 Å². The molecular formula is C24H29NO6. The Morgan fingerprint density at radius 3 is 2.45 bits per heavy atom. The minimum atomic E-state index is -0.702. The van der Waals surface area contributed by atoms with Crippen molar-refractivity contribution >= 4 is 17.7 Å². The van der Waals surface area contributed by atoms with Gasteiger partial charge in [-0.2, -0.15) is 0 Å². The van der Waals surface area contributed by atoms with Crippen molar-refractivity contribution in [3.05, 3.63) is 52.6 Å². The maximum absolute atomic E-state index is 13.1. The van der Waals surface area contributed by atoms with Gasteiger partial charge in [-0.05, 0) is 36.5 Å². The Kier molecular flexibility index (Phi) is 6.53. The average Bonchev–Trinajstić information content (AvgIpc) is 2.66. The first-order valence-electron chi connectivity index (χ1n) is 10.6. The standard InChI is InChI=1S/C24H29NO6/c1-5-7-18(27)30-15-10-8-14(9-11-15)19-20-16(26)12-24(3,4)13-17(20)31-22(25)21(19)23(28)29-6-2/h8-11,19H,5-7,12-13,25H2,1-4H3. The molecule has 1 aliphatic carbocycles. The van der Waals surface area contributed by atoms with E-state index in [0.717, 1.165) is 0 Å². The molecule has 0 radical (unpaired) electrons. The Morgan fingerprint density at radius 1 is 1.16 bits per heavy atom. The number of carbonyl (C=O) groups is 3. The number of hydrogen-bond acceptors (Lipinski definition) is 7. The van der Waals surface area contributed by atoms with E-state index in [0.29, 0.717) is 48.3 Å². The van der Waals surface area contributed by atoms with Crippen molar-refractivity contribution in [3.63, 3.8) is 0 Å². The van der Waals surface area contributed by atoms with E-state index < -0.39 is 11.9 Å². The lowest BCUT2D eigenvalue weighted by Crippen LogP contribution is -2.35. The highest BCUT2D eigenvalue weighted by Crippen LogP contribution is 2.48.